The Labute approximate surface area is 60.5 Å². The van der Waals surface area contributed by atoms with Crippen LogP contribution >= 0.6 is 0 Å². The van der Waals surface area contributed by atoms with E-state index in [0.29, 0.717) is 13.2 Å². The summed E-state index contributed by atoms with van der Waals surface area (Å²) >= 11 is 0. The molecule has 0 aliphatic carbocycles. The SMILES string of the molecule is CS(=O)(=O)C1COCC[NH2+]1. The largest absolute Gasteiger partial charge is 0.368 e. The summed E-state index contributed by atoms with van der Waals surface area (Å²) in [5.74, 6) is 0. The topological polar surface area (TPSA) is 60.0 Å². The van der Waals surface area contributed by atoms with E-state index in [9.17, 15) is 8.42 Å². The van der Waals surface area contributed by atoms with E-state index in [1.165, 1.54) is 6.26 Å². The molecule has 0 aromatic heterocycles. The van der Waals surface area contributed by atoms with Gasteiger partial charge in [-0.3, -0.25) is 0 Å². The van der Waals surface area contributed by atoms with Crippen molar-refractivity contribution in [2.45, 2.75) is 5.37 Å². The summed E-state index contributed by atoms with van der Waals surface area (Å²) < 4.78 is 26.7. The molecule has 60 valence electrons. The number of sulfone groups is 1. The first kappa shape index (κ1) is 7.97. The number of morpholine rings is 1. The number of quaternary nitrogens is 1. The van der Waals surface area contributed by atoms with E-state index in [2.05, 4.69) is 0 Å². The minimum atomic E-state index is -2.91. The highest BCUT2D eigenvalue weighted by atomic mass is 32.2. The molecule has 1 saturated heterocycles. The Hall–Kier alpha value is -0.130. The van der Waals surface area contributed by atoms with Crippen LogP contribution in [0.25, 0.3) is 0 Å². The fraction of sp³-hybridized carbons (Fsp3) is 1.00. The maximum Gasteiger partial charge on any atom is 0.210 e. The lowest BCUT2D eigenvalue weighted by Crippen LogP contribution is -2.95. The second-order valence-electron chi connectivity index (χ2n) is 2.47. The molecule has 0 spiro atoms. The molecular formula is C5H12NO3S+. The smallest absolute Gasteiger partial charge is 0.210 e. The Morgan fingerprint density at radius 2 is 2.30 bits per heavy atom. The van der Waals surface area contributed by atoms with Gasteiger partial charge in [0.25, 0.3) is 0 Å². The van der Waals surface area contributed by atoms with Gasteiger partial charge in [-0.2, -0.15) is 0 Å². The number of nitrogens with two attached hydrogens (primary N) is 1. The van der Waals surface area contributed by atoms with E-state index in [1.807, 2.05) is 0 Å². The Kier molecular flexibility index (Phi) is 2.28. The standard InChI is InChI=1S/C5H11NO3S/c1-10(7,8)5-4-9-3-2-6-5/h5-6H,2-4H2,1H3/p+1. The van der Waals surface area contributed by atoms with E-state index in [-0.39, 0.29) is 5.37 Å². The van der Waals surface area contributed by atoms with E-state index in [0.717, 1.165) is 6.54 Å². The summed E-state index contributed by atoms with van der Waals surface area (Å²) in [6, 6.07) is 0. The molecular weight excluding hydrogens is 154 g/mol. The van der Waals surface area contributed by atoms with Gasteiger partial charge in [-0.1, -0.05) is 0 Å². The predicted octanol–water partition coefficient (Wildman–Crippen LogP) is -2.05. The number of hydrogen-bond donors (Lipinski definition) is 1. The third-order valence-electron chi connectivity index (χ3n) is 1.52. The van der Waals surface area contributed by atoms with Crippen LogP contribution in [0.4, 0.5) is 0 Å². The van der Waals surface area contributed by atoms with Crippen molar-refractivity contribution in [3.63, 3.8) is 0 Å². The molecule has 2 N–H and O–H groups in total. The van der Waals surface area contributed by atoms with Gasteiger partial charge in [0.2, 0.25) is 15.2 Å². The molecule has 1 aliphatic heterocycles. The number of ether oxygens (including phenoxy) is 1. The molecule has 1 fully saturated rings. The summed E-state index contributed by atoms with van der Waals surface area (Å²) in [6.45, 7) is 1.74. The van der Waals surface area contributed by atoms with E-state index in [1.54, 1.807) is 5.32 Å². The zero-order valence-corrected chi connectivity index (χ0v) is 6.73. The predicted molar refractivity (Wildman–Crippen MR) is 36.2 cm³/mol. The highest BCUT2D eigenvalue weighted by Crippen LogP contribution is 1.92. The molecule has 5 heteroatoms. The van der Waals surface area contributed by atoms with Gasteiger partial charge in [0.15, 0.2) is 0 Å². The van der Waals surface area contributed by atoms with E-state index >= 15 is 0 Å². The van der Waals surface area contributed by atoms with Gasteiger partial charge < -0.3 is 10.1 Å². The molecule has 1 atom stereocenters. The first-order valence-corrected chi connectivity index (χ1v) is 5.16. The molecule has 10 heavy (non-hydrogen) atoms. The van der Waals surface area contributed by atoms with Gasteiger partial charge in [-0.15, -0.1) is 0 Å². The molecule has 1 aliphatic rings. The second kappa shape index (κ2) is 2.86. The van der Waals surface area contributed by atoms with Gasteiger partial charge in [-0.25, -0.2) is 8.42 Å². The van der Waals surface area contributed by atoms with Gasteiger partial charge in [0.05, 0.1) is 6.61 Å². The van der Waals surface area contributed by atoms with Crippen LogP contribution in [-0.2, 0) is 14.6 Å². The fourth-order valence-electron chi connectivity index (χ4n) is 0.903. The van der Waals surface area contributed by atoms with Crippen LogP contribution in [-0.4, -0.2) is 39.8 Å². The summed E-state index contributed by atoms with van der Waals surface area (Å²) in [5, 5.41) is 1.43. The highest BCUT2D eigenvalue weighted by Gasteiger charge is 2.26. The first-order chi connectivity index (χ1) is 4.61. The lowest BCUT2D eigenvalue weighted by molar-refractivity contribution is -0.684. The van der Waals surface area contributed by atoms with Crippen molar-refractivity contribution in [1.29, 1.82) is 0 Å². The zero-order chi connectivity index (χ0) is 7.61. The average Bonchev–Trinajstić information content (AvgIpc) is 1.88. The van der Waals surface area contributed by atoms with Crippen molar-refractivity contribution >= 4 is 9.84 Å². The van der Waals surface area contributed by atoms with Crippen molar-refractivity contribution in [1.82, 2.24) is 0 Å². The zero-order valence-electron chi connectivity index (χ0n) is 5.91. The summed E-state index contributed by atoms with van der Waals surface area (Å²) in [5.41, 5.74) is 0. The molecule has 4 nitrogen and oxygen atoms in total. The fourth-order valence-corrected chi connectivity index (χ4v) is 1.73. The van der Waals surface area contributed by atoms with Crippen LogP contribution in [0, 0.1) is 0 Å². The van der Waals surface area contributed by atoms with Crippen LogP contribution in [0.5, 0.6) is 0 Å². The van der Waals surface area contributed by atoms with Crippen molar-refractivity contribution in [2.24, 2.45) is 0 Å². The number of hydrogen-bond acceptors (Lipinski definition) is 3. The minimum absolute atomic E-state index is 0.332. The van der Waals surface area contributed by atoms with E-state index < -0.39 is 9.84 Å². The average molecular weight is 166 g/mol. The van der Waals surface area contributed by atoms with Crippen LogP contribution in [0.2, 0.25) is 0 Å². The minimum Gasteiger partial charge on any atom is -0.368 e. The van der Waals surface area contributed by atoms with Crippen molar-refractivity contribution in [3.05, 3.63) is 0 Å². The van der Waals surface area contributed by atoms with Crippen molar-refractivity contribution < 1.29 is 18.5 Å². The molecule has 0 aromatic rings. The summed E-state index contributed by atoms with van der Waals surface area (Å²) in [4.78, 5) is 0. The Balaban J connectivity index is 2.56. The van der Waals surface area contributed by atoms with Crippen molar-refractivity contribution in [3.8, 4) is 0 Å². The maximum absolute atomic E-state index is 10.9. The Bertz CT molecular complexity index is 193. The lowest BCUT2D eigenvalue weighted by Gasteiger charge is -2.18. The van der Waals surface area contributed by atoms with Crippen LogP contribution in [0.1, 0.15) is 0 Å². The van der Waals surface area contributed by atoms with Gasteiger partial charge in [0.1, 0.15) is 13.2 Å². The lowest BCUT2D eigenvalue weighted by atomic mass is 10.5. The summed E-state index contributed by atoms with van der Waals surface area (Å²) in [6.07, 6.45) is 1.24. The van der Waals surface area contributed by atoms with Gasteiger partial charge >= 0.3 is 0 Å². The molecule has 0 aromatic carbocycles. The second-order valence-corrected chi connectivity index (χ2v) is 4.73. The van der Waals surface area contributed by atoms with E-state index in [4.69, 9.17) is 4.74 Å². The maximum atomic E-state index is 10.9. The monoisotopic (exact) mass is 166 g/mol. The third-order valence-corrected chi connectivity index (χ3v) is 2.95. The summed E-state index contributed by atoms with van der Waals surface area (Å²) in [7, 11) is -2.91. The first-order valence-electron chi connectivity index (χ1n) is 3.20. The molecule has 0 bridgehead atoms. The third kappa shape index (κ3) is 1.93. The van der Waals surface area contributed by atoms with Crippen LogP contribution in [0.15, 0.2) is 0 Å². The van der Waals surface area contributed by atoms with Crippen molar-refractivity contribution in [2.75, 3.05) is 26.0 Å². The normalized spacial score (nSPS) is 28.3. The highest BCUT2D eigenvalue weighted by molar-refractivity contribution is 7.91. The number of rotatable bonds is 1. The van der Waals surface area contributed by atoms with Crippen LogP contribution < -0.4 is 5.32 Å². The molecule has 0 radical (unpaired) electrons. The molecule has 1 heterocycles. The quantitative estimate of drug-likeness (QED) is 0.488. The Morgan fingerprint density at radius 3 is 2.60 bits per heavy atom. The van der Waals surface area contributed by atoms with Gasteiger partial charge in [-0.05, 0) is 0 Å². The van der Waals surface area contributed by atoms with Crippen LogP contribution in [0.3, 0.4) is 0 Å². The molecule has 0 amide bonds. The van der Waals surface area contributed by atoms with Gasteiger partial charge in [0, 0.05) is 6.26 Å². The molecule has 0 saturated carbocycles. The molecule has 1 rings (SSSR count). The molecule has 1 unspecified atom stereocenters. The Morgan fingerprint density at radius 1 is 1.60 bits per heavy atom.